The number of para-hydroxylation sites is 1. The Morgan fingerprint density at radius 1 is 0.880 bits per heavy atom. The van der Waals surface area contributed by atoms with Crippen LogP contribution in [0.25, 0.3) is 0 Å². The van der Waals surface area contributed by atoms with Crippen molar-refractivity contribution in [2.75, 3.05) is 0 Å². The monoisotopic (exact) mass is 359 g/mol. The van der Waals surface area contributed by atoms with Crippen LogP contribution in [0.4, 0.5) is 14.5 Å². The van der Waals surface area contributed by atoms with Gasteiger partial charge in [0.1, 0.15) is 11.6 Å². The van der Waals surface area contributed by atoms with Gasteiger partial charge in [-0.25, -0.2) is 8.78 Å². The van der Waals surface area contributed by atoms with E-state index < -0.39 is 15.0 Å². The Balaban J connectivity index is 0.000000269. The first kappa shape index (κ1) is 18.4. The van der Waals surface area contributed by atoms with Gasteiger partial charge in [0.15, 0.2) is 11.4 Å². The molecule has 0 aliphatic rings. The number of rotatable bonds is 4. The highest BCUT2D eigenvalue weighted by Gasteiger charge is 2.17. The van der Waals surface area contributed by atoms with E-state index in [0.29, 0.717) is 11.4 Å². The molecular weight excluding hydrogens is 344 g/mol. The number of halogens is 2. The summed E-state index contributed by atoms with van der Waals surface area (Å²) in [5.41, 5.74) is 3.92. The van der Waals surface area contributed by atoms with E-state index in [2.05, 4.69) is 11.8 Å². The summed E-state index contributed by atoms with van der Waals surface area (Å²) in [4.78, 5) is 0. The lowest BCUT2D eigenvalue weighted by atomic mass is 10.3. The van der Waals surface area contributed by atoms with E-state index >= 15 is 0 Å². The first-order chi connectivity index (χ1) is 12.0. The molecule has 0 aromatic heterocycles. The van der Waals surface area contributed by atoms with Crippen molar-refractivity contribution in [2.24, 2.45) is 0 Å². The van der Waals surface area contributed by atoms with Crippen molar-refractivity contribution < 1.29 is 27.8 Å². The van der Waals surface area contributed by atoms with E-state index in [9.17, 15) is 13.2 Å². The minimum absolute atomic E-state index is 0.209. The molecule has 0 spiro atoms. The quantitative estimate of drug-likeness (QED) is 0.575. The molecule has 0 saturated carbocycles. The van der Waals surface area contributed by atoms with E-state index in [1.165, 1.54) is 42.5 Å². The second-order valence-corrected chi connectivity index (χ2v) is 5.65. The summed E-state index contributed by atoms with van der Waals surface area (Å²) in [6, 6.07) is 20.9. The molecule has 3 aromatic carbocycles. The molecule has 0 aliphatic carbocycles. The molecule has 3 aromatic rings. The van der Waals surface area contributed by atoms with Crippen LogP contribution in [0.5, 0.6) is 11.5 Å². The molecule has 3 rings (SSSR count). The molecule has 0 unspecified atom stereocenters. The molecule has 0 fully saturated rings. The minimum atomic E-state index is -2.74. The third-order valence-electron chi connectivity index (χ3n) is 2.84. The van der Waals surface area contributed by atoms with Gasteiger partial charge in [-0.2, -0.15) is 18.2 Å². The smallest absolute Gasteiger partial charge is 0.459 e. The molecule has 0 saturated heterocycles. The highest BCUT2D eigenvalue weighted by Crippen LogP contribution is 2.20. The summed E-state index contributed by atoms with van der Waals surface area (Å²) in [5, 5.41) is 0. The summed E-state index contributed by atoms with van der Waals surface area (Å²) in [5.74, 6) is 0.0695. The number of hydrogen-bond donors (Lipinski definition) is 1. The average Bonchev–Trinajstić information content (AvgIpc) is 2.60. The van der Waals surface area contributed by atoms with Crippen LogP contribution in [0, 0.1) is 17.7 Å². The van der Waals surface area contributed by atoms with Gasteiger partial charge in [0, 0.05) is 11.9 Å². The number of quaternary nitrogens is 1. The van der Waals surface area contributed by atoms with Crippen molar-refractivity contribution >= 4 is 14.9 Å². The Morgan fingerprint density at radius 3 is 2.12 bits per heavy atom. The minimum Gasteiger partial charge on any atom is -0.459 e. The van der Waals surface area contributed by atoms with Crippen molar-refractivity contribution in [2.45, 2.75) is 0 Å². The zero-order chi connectivity index (χ0) is 18.1. The lowest BCUT2D eigenvalue weighted by molar-refractivity contribution is -0.256. The van der Waals surface area contributed by atoms with E-state index in [1.54, 1.807) is 24.3 Å². The van der Waals surface area contributed by atoms with Crippen LogP contribution >= 0.6 is 0 Å². The summed E-state index contributed by atoms with van der Waals surface area (Å²) in [7, 11) is -2.74. The van der Waals surface area contributed by atoms with Crippen LogP contribution in [0.3, 0.4) is 0 Å². The molecule has 4 nitrogen and oxygen atoms in total. The standard InChI is InChI=1S/C12H10FNO3Si.C6H4F/c13-9-6-7-12(11(14)8-9)17-18(15)16-10-4-2-1-3-5-10;7-6-4-2-1-3-5-6/h1-8H,14H2;2-5H/q;-1/p+1. The molecule has 0 aliphatic heterocycles. The third kappa shape index (κ3) is 6.62. The number of benzene rings is 3. The maximum absolute atomic E-state index is 12.8. The fraction of sp³-hybridized carbons (Fsp3) is 0. The maximum atomic E-state index is 12.8. The fourth-order valence-electron chi connectivity index (χ4n) is 1.71. The van der Waals surface area contributed by atoms with Gasteiger partial charge in [0.05, 0.1) is 0 Å². The number of hydrogen-bond acceptors (Lipinski definition) is 3. The zero-order valence-electron chi connectivity index (χ0n) is 13.1. The van der Waals surface area contributed by atoms with Gasteiger partial charge in [0.2, 0.25) is 0 Å². The zero-order valence-corrected chi connectivity index (χ0v) is 14.1. The van der Waals surface area contributed by atoms with E-state index in [1.807, 2.05) is 6.07 Å². The Bertz CT molecular complexity index is 817. The molecule has 3 N–H and O–H groups in total. The third-order valence-corrected chi connectivity index (χ3v) is 3.63. The van der Waals surface area contributed by atoms with Crippen molar-refractivity contribution in [1.82, 2.24) is 0 Å². The van der Waals surface area contributed by atoms with Crippen molar-refractivity contribution in [3.63, 3.8) is 0 Å². The van der Waals surface area contributed by atoms with Crippen molar-refractivity contribution in [3.8, 4) is 11.5 Å². The fourth-order valence-corrected chi connectivity index (χ4v) is 2.46. The molecule has 0 heterocycles. The molecule has 0 bridgehead atoms. The van der Waals surface area contributed by atoms with Crippen LogP contribution < -0.4 is 14.6 Å². The summed E-state index contributed by atoms with van der Waals surface area (Å²) in [6.45, 7) is 0. The van der Waals surface area contributed by atoms with Crippen molar-refractivity contribution in [1.29, 1.82) is 0 Å². The summed E-state index contributed by atoms with van der Waals surface area (Å²) < 4.78 is 46.6. The molecule has 25 heavy (non-hydrogen) atoms. The first-order valence-electron chi connectivity index (χ1n) is 7.22. The van der Waals surface area contributed by atoms with Gasteiger partial charge in [-0.15, -0.1) is 12.1 Å². The lowest BCUT2D eigenvalue weighted by Gasteiger charge is -2.05. The summed E-state index contributed by atoms with van der Waals surface area (Å²) in [6.07, 6.45) is 0. The average molecular weight is 359 g/mol. The predicted molar refractivity (Wildman–Crippen MR) is 88.3 cm³/mol. The Labute approximate surface area is 145 Å². The van der Waals surface area contributed by atoms with Gasteiger partial charge in [0.25, 0.3) is 0 Å². The second kappa shape index (κ2) is 9.41. The van der Waals surface area contributed by atoms with E-state index in [4.69, 9.17) is 8.85 Å². The van der Waals surface area contributed by atoms with Gasteiger partial charge >= 0.3 is 9.17 Å². The molecule has 0 radical (unpaired) electrons. The van der Waals surface area contributed by atoms with Crippen LogP contribution in [0.15, 0.2) is 72.8 Å². The Morgan fingerprint density at radius 2 is 1.56 bits per heavy atom. The van der Waals surface area contributed by atoms with Crippen LogP contribution in [-0.2, 0) is 4.46 Å². The largest absolute Gasteiger partial charge is 0.778 e. The topological polar surface area (TPSA) is 63.2 Å². The molecule has 0 amide bonds. The van der Waals surface area contributed by atoms with Gasteiger partial charge < -0.3 is 14.6 Å². The van der Waals surface area contributed by atoms with Gasteiger partial charge in [-0.3, -0.25) is 4.46 Å². The molecule has 128 valence electrons. The molecule has 0 atom stereocenters. The Hall–Kier alpha value is -2.90. The molecular formula is C18H15F2NO3Si. The van der Waals surface area contributed by atoms with Crippen molar-refractivity contribution in [3.05, 3.63) is 90.5 Å². The van der Waals surface area contributed by atoms with Crippen LogP contribution in [0.2, 0.25) is 0 Å². The van der Waals surface area contributed by atoms with Gasteiger partial charge in [-0.05, 0) is 24.3 Å². The van der Waals surface area contributed by atoms with Gasteiger partial charge in [-0.1, -0.05) is 18.2 Å². The summed E-state index contributed by atoms with van der Waals surface area (Å²) >= 11 is 0. The predicted octanol–water partition coefficient (Wildman–Crippen LogP) is 3.20. The second-order valence-electron chi connectivity index (χ2n) is 4.74. The Kier molecular flexibility index (Phi) is 6.94. The maximum Gasteiger partial charge on any atom is 0.778 e. The SMILES string of the molecule is Fc1cc[c-]cc1.[NH3+]c1cc(F)ccc1O[Si](=O)Oc1ccccc1. The highest BCUT2D eigenvalue weighted by molar-refractivity contribution is 6.28. The first-order valence-corrected chi connectivity index (χ1v) is 8.45. The van der Waals surface area contributed by atoms with Crippen LogP contribution in [-0.4, -0.2) is 9.17 Å². The van der Waals surface area contributed by atoms with E-state index in [-0.39, 0.29) is 11.6 Å². The lowest BCUT2D eigenvalue weighted by Crippen LogP contribution is -2.41. The normalized spacial score (nSPS) is 9.56. The van der Waals surface area contributed by atoms with E-state index in [0.717, 1.165) is 0 Å². The molecule has 7 heteroatoms. The highest BCUT2D eigenvalue weighted by atomic mass is 28.3. The van der Waals surface area contributed by atoms with Crippen LogP contribution in [0.1, 0.15) is 0 Å².